The molecule has 0 bridgehead atoms. The van der Waals surface area contributed by atoms with Gasteiger partial charge in [0, 0.05) is 31.3 Å². The molecule has 99 valence electrons. The number of phenolic OH excluding ortho intramolecular Hbond substituents is 1. The molecule has 5 heteroatoms. The van der Waals surface area contributed by atoms with Gasteiger partial charge < -0.3 is 10.5 Å². The molecule has 0 saturated carbocycles. The monoisotopic (exact) mass is 291 g/mol. The van der Waals surface area contributed by atoms with E-state index in [2.05, 4.69) is 11.5 Å². The smallest absolute Gasteiger partial charge is 0.148 e. The number of hydrogen-bond donors (Lipinski definition) is 2. The molecule has 0 aromatic heterocycles. The van der Waals surface area contributed by atoms with Crippen LogP contribution in [0.3, 0.4) is 0 Å². The summed E-state index contributed by atoms with van der Waals surface area (Å²) in [6.45, 7) is 0. The molecule has 2 aromatic rings. The Morgan fingerprint density at radius 1 is 1.37 bits per heavy atom. The molecule has 1 radical (unpaired) electrons. The molecule has 0 saturated heterocycles. The van der Waals surface area contributed by atoms with E-state index in [9.17, 15) is 5.11 Å². The Labute approximate surface area is 122 Å². The number of nitrogens with zero attached hydrogens (tertiary/aromatic N) is 1. The quantitative estimate of drug-likeness (QED) is 0.671. The average Bonchev–Trinajstić information content (AvgIpc) is 2.37. The number of hydrazine groups is 1. The lowest BCUT2D eigenvalue weighted by atomic mass is 10.1. The summed E-state index contributed by atoms with van der Waals surface area (Å²) in [5.41, 5.74) is 4.15. The zero-order valence-electron chi connectivity index (χ0n) is 10.8. The third-order valence-electron chi connectivity index (χ3n) is 2.58. The SMILES string of the molecule is CN(C)NC(=S)SCc1c[c]c(O)c2ccccc12. The Balaban J connectivity index is 2.17. The number of nitrogens with one attached hydrogen (secondary N) is 1. The summed E-state index contributed by atoms with van der Waals surface area (Å²) >= 11 is 6.78. The lowest BCUT2D eigenvalue weighted by molar-refractivity contribution is 0.368. The first-order chi connectivity index (χ1) is 9.08. The second kappa shape index (κ2) is 6.23. The van der Waals surface area contributed by atoms with Crippen molar-refractivity contribution in [2.24, 2.45) is 0 Å². The van der Waals surface area contributed by atoms with Crippen LogP contribution in [0.15, 0.2) is 30.3 Å². The molecule has 0 heterocycles. The topological polar surface area (TPSA) is 35.5 Å². The lowest BCUT2D eigenvalue weighted by Crippen LogP contribution is -2.33. The fraction of sp³-hybridized carbons (Fsp3) is 0.214. The highest BCUT2D eigenvalue weighted by Crippen LogP contribution is 2.29. The van der Waals surface area contributed by atoms with Crippen LogP contribution in [0.1, 0.15) is 5.56 Å². The van der Waals surface area contributed by atoms with E-state index in [1.165, 1.54) is 0 Å². The van der Waals surface area contributed by atoms with Crippen molar-refractivity contribution in [2.75, 3.05) is 14.1 Å². The van der Waals surface area contributed by atoms with Gasteiger partial charge in [-0.25, -0.2) is 5.01 Å². The number of rotatable bonds is 3. The Kier molecular flexibility index (Phi) is 4.63. The molecular formula is C14H15N2OS2. The van der Waals surface area contributed by atoms with Crippen LogP contribution < -0.4 is 5.43 Å². The van der Waals surface area contributed by atoms with Crippen molar-refractivity contribution in [2.45, 2.75) is 5.75 Å². The van der Waals surface area contributed by atoms with Crippen LogP contribution in [-0.4, -0.2) is 28.5 Å². The number of benzene rings is 2. The first-order valence-electron chi connectivity index (χ1n) is 5.80. The Hall–Kier alpha value is -1.30. The van der Waals surface area contributed by atoms with Gasteiger partial charge in [0.15, 0.2) is 0 Å². The van der Waals surface area contributed by atoms with E-state index < -0.39 is 0 Å². The molecule has 0 aliphatic heterocycles. The minimum absolute atomic E-state index is 0.193. The average molecular weight is 291 g/mol. The first-order valence-corrected chi connectivity index (χ1v) is 7.19. The van der Waals surface area contributed by atoms with Crippen molar-refractivity contribution in [1.82, 2.24) is 10.4 Å². The molecule has 0 spiro atoms. The van der Waals surface area contributed by atoms with Gasteiger partial charge in [-0.1, -0.05) is 48.2 Å². The van der Waals surface area contributed by atoms with Gasteiger partial charge in [-0.2, -0.15) is 0 Å². The maximum atomic E-state index is 9.78. The van der Waals surface area contributed by atoms with Crippen molar-refractivity contribution >= 4 is 39.1 Å². The highest BCUT2D eigenvalue weighted by atomic mass is 32.2. The molecule has 0 atom stereocenters. The summed E-state index contributed by atoms with van der Waals surface area (Å²) < 4.78 is 0.724. The molecule has 0 amide bonds. The summed E-state index contributed by atoms with van der Waals surface area (Å²) in [5, 5.41) is 13.5. The van der Waals surface area contributed by atoms with Gasteiger partial charge in [0.2, 0.25) is 0 Å². The van der Waals surface area contributed by atoms with E-state index in [0.29, 0.717) is 0 Å². The van der Waals surface area contributed by atoms with E-state index >= 15 is 0 Å². The summed E-state index contributed by atoms with van der Waals surface area (Å²) in [6, 6.07) is 12.5. The van der Waals surface area contributed by atoms with Gasteiger partial charge >= 0.3 is 0 Å². The summed E-state index contributed by atoms with van der Waals surface area (Å²) in [4.78, 5) is 0. The second-order valence-electron chi connectivity index (χ2n) is 4.29. The van der Waals surface area contributed by atoms with Gasteiger partial charge in [0.25, 0.3) is 0 Å². The molecular weight excluding hydrogens is 276 g/mol. The van der Waals surface area contributed by atoms with Crippen molar-refractivity contribution in [3.05, 3.63) is 42.0 Å². The first kappa shape index (κ1) is 14.1. The molecule has 19 heavy (non-hydrogen) atoms. The van der Waals surface area contributed by atoms with E-state index in [0.717, 1.165) is 26.4 Å². The summed E-state index contributed by atoms with van der Waals surface area (Å²) in [5.74, 6) is 0.940. The van der Waals surface area contributed by atoms with Crippen LogP contribution in [0.5, 0.6) is 5.75 Å². The largest absolute Gasteiger partial charge is 0.507 e. The van der Waals surface area contributed by atoms with Crippen LogP contribution in [0.2, 0.25) is 0 Å². The van der Waals surface area contributed by atoms with E-state index in [-0.39, 0.29) is 5.75 Å². The zero-order chi connectivity index (χ0) is 13.8. The van der Waals surface area contributed by atoms with Gasteiger partial charge in [-0.3, -0.25) is 0 Å². The minimum Gasteiger partial charge on any atom is -0.507 e. The standard InChI is InChI=1S/C14H15N2OS2/c1-16(2)15-14(18)19-9-10-7-8-13(17)12-6-4-3-5-11(10)12/h3-7,17H,9H2,1-2H3,(H,15,18). The normalized spacial score (nSPS) is 10.9. The fourth-order valence-corrected chi connectivity index (χ4v) is 2.89. The predicted molar refractivity (Wildman–Crippen MR) is 85.2 cm³/mol. The zero-order valence-corrected chi connectivity index (χ0v) is 12.4. The maximum Gasteiger partial charge on any atom is 0.148 e. The van der Waals surface area contributed by atoms with Gasteiger partial charge in [-0.05, 0) is 17.0 Å². The maximum absolute atomic E-state index is 9.78. The number of hydrogen-bond acceptors (Lipinski definition) is 4. The number of thioether (sulfide) groups is 1. The lowest BCUT2D eigenvalue weighted by Gasteiger charge is -2.14. The minimum atomic E-state index is 0.193. The Bertz CT molecular complexity index is 599. The molecule has 2 rings (SSSR count). The second-order valence-corrected chi connectivity index (χ2v) is 5.94. The van der Waals surface area contributed by atoms with Gasteiger partial charge in [0.1, 0.15) is 10.1 Å². The van der Waals surface area contributed by atoms with Crippen molar-refractivity contribution in [3.8, 4) is 5.75 Å². The molecule has 0 aliphatic rings. The molecule has 0 unspecified atom stereocenters. The van der Waals surface area contributed by atoms with Gasteiger partial charge in [-0.15, -0.1) is 0 Å². The number of fused-ring (bicyclic) bond motifs is 1. The van der Waals surface area contributed by atoms with Gasteiger partial charge in [0.05, 0.1) is 0 Å². The molecule has 2 N–H and O–H groups in total. The van der Waals surface area contributed by atoms with Crippen LogP contribution in [-0.2, 0) is 5.75 Å². The van der Waals surface area contributed by atoms with Crippen LogP contribution in [0.4, 0.5) is 0 Å². The predicted octanol–water partition coefficient (Wildman–Crippen LogP) is 2.93. The summed E-state index contributed by atoms with van der Waals surface area (Å²) in [7, 11) is 3.80. The molecule has 0 fully saturated rings. The third kappa shape index (κ3) is 3.59. The fourth-order valence-electron chi connectivity index (χ4n) is 1.76. The Morgan fingerprint density at radius 3 is 2.74 bits per heavy atom. The highest BCUT2D eigenvalue weighted by molar-refractivity contribution is 8.22. The highest BCUT2D eigenvalue weighted by Gasteiger charge is 2.06. The Morgan fingerprint density at radius 2 is 2.05 bits per heavy atom. The van der Waals surface area contributed by atoms with Crippen LogP contribution in [0.25, 0.3) is 10.8 Å². The molecule has 3 nitrogen and oxygen atoms in total. The third-order valence-corrected chi connectivity index (χ3v) is 3.84. The number of thiocarbonyl (C=S) groups is 1. The van der Waals surface area contributed by atoms with Crippen molar-refractivity contribution in [1.29, 1.82) is 0 Å². The van der Waals surface area contributed by atoms with E-state index in [1.807, 2.05) is 49.4 Å². The van der Waals surface area contributed by atoms with E-state index in [1.54, 1.807) is 11.8 Å². The van der Waals surface area contributed by atoms with E-state index in [4.69, 9.17) is 12.2 Å². The van der Waals surface area contributed by atoms with Crippen LogP contribution in [0, 0.1) is 6.07 Å². The van der Waals surface area contributed by atoms with Crippen LogP contribution >= 0.6 is 24.0 Å². The molecule has 0 aliphatic carbocycles. The van der Waals surface area contributed by atoms with Crippen molar-refractivity contribution < 1.29 is 5.11 Å². The summed E-state index contributed by atoms with van der Waals surface area (Å²) in [6.07, 6.45) is 0. The van der Waals surface area contributed by atoms with Crippen molar-refractivity contribution in [3.63, 3.8) is 0 Å². The number of aromatic hydroxyl groups is 1. The molecule has 2 aromatic carbocycles. The number of phenols is 1.